The zero-order valence-electron chi connectivity index (χ0n) is 12.0. The van der Waals surface area contributed by atoms with E-state index in [0.29, 0.717) is 24.2 Å². The Hall–Kier alpha value is -2.55. The fourth-order valence-corrected chi connectivity index (χ4v) is 1.87. The highest BCUT2D eigenvalue weighted by Gasteiger charge is 2.07. The molecule has 0 atom stereocenters. The van der Waals surface area contributed by atoms with E-state index in [-0.39, 0.29) is 12.5 Å². The molecule has 1 aromatic carbocycles. The van der Waals surface area contributed by atoms with Gasteiger partial charge in [0.05, 0.1) is 11.3 Å². The number of nitriles is 1. The maximum Gasteiger partial charge on any atom is 0.319 e. The molecule has 0 saturated heterocycles. The molecule has 0 unspecified atom stereocenters. The molecule has 112 valence electrons. The summed E-state index contributed by atoms with van der Waals surface area (Å²) in [4.78, 5) is 22.0. The maximum absolute atomic E-state index is 11.7. The lowest BCUT2D eigenvalue weighted by Gasteiger charge is -2.10. The minimum atomic E-state index is -0.802. The van der Waals surface area contributed by atoms with E-state index in [1.807, 2.05) is 13.0 Å². The first-order chi connectivity index (χ1) is 10.0. The van der Waals surface area contributed by atoms with Gasteiger partial charge < -0.3 is 15.7 Å². The summed E-state index contributed by atoms with van der Waals surface area (Å²) < 4.78 is 0. The molecule has 21 heavy (non-hydrogen) atoms. The van der Waals surface area contributed by atoms with Gasteiger partial charge in [0.15, 0.2) is 0 Å². The number of carboxylic acid groups (broad SMARTS) is 1. The van der Waals surface area contributed by atoms with Crippen LogP contribution in [0.15, 0.2) is 18.2 Å². The predicted octanol–water partition coefficient (Wildman–Crippen LogP) is 2.63. The summed E-state index contributed by atoms with van der Waals surface area (Å²) in [6.07, 6.45) is 2.23. The van der Waals surface area contributed by atoms with Crippen molar-refractivity contribution in [2.24, 2.45) is 0 Å². The van der Waals surface area contributed by atoms with Gasteiger partial charge in [-0.2, -0.15) is 5.26 Å². The second-order valence-electron chi connectivity index (χ2n) is 4.69. The standard InChI is InChI=1S/C15H19N3O3/c1-11-6-5-7-13(12(11)10-16)18-15(21)17-9-4-2-3-8-14(19)20/h5-7H,2-4,8-9H2,1H3,(H,19,20)(H2,17,18,21). The van der Waals surface area contributed by atoms with Crippen molar-refractivity contribution in [3.8, 4) is 6.07 Å². The van der Waals surface area contributed by atoms with Crippen LogP contribution in [0.2, 0.25) is 0 Å². The van der Waals surface area contributed by atoms with E-state index in [9.17, 15) is 9.59 Å². The smallest absolute Gasteiger partial charge is 0.319 e. The molecule has 0 heterocycles. The molecular formula is C15H19N3O3. The first kappa shape index (κ1) is 16.5. The normalized spacial score (nSPS) is 9.71. The summed E-state index contributed by atoms with van der Waals surface area (Å²) in [7, 11) is 0. The molecule has 1 rings (SSSR count). The van der Waals surface area contributed by atoms with Gasteiger partial charge in [0, 0.05) is 13.0 Å². The molecule has 0 bridgehead atoms. The predicted molar refractivity (Wildman–Crippen MR) is 79.0 cm³/mol. The lowest BCUT2D eigenvalue weighted by molar-refractivity contribution is -0.137. The van der Waals surface area contributed by atoms with Crippen LogP contribution in [-0.2, 0) is 4.79 Å². The molecule has 0 aliphatic rings. The number of nitrogens with one attached hydrogen (secondary N) is 2. The summed E-state index contributed by atoms with van der Waals surface area (Å²) in [6, 6.07) is 6.96. The van der Waals surface area contributed by atoms with Crippen molar-refractivity contribution in [3.05, 3.63) is 29.3 Å². The van der Waals surface area contributed by atoms with Crippen LogP contribution in [-0.4, -0.2) is 23.7 Å². The van der Waals surface area contributed by atoms with E-state index in [0.717, 1.165) is 18.4 Å². The van der Waals surface area contributed by atoms with E-state index < -0.39 is 5.97 Å². The molecule has 0 aliphatic heterocycles. The number of hydrogen-bond acceptors (Lipinski definition) is 3. The third-order valence-electron chi connectivity index (χ3n) is 2.99. The first-order valence-corrected chi connectivity index (χ1v) is 6.81. The minimum Gasteiger partial charge on any atom is -0.481 e. The fourth-order valence-electron chi connectivity index (χ4n) is 1.87. The molecule has 0 spiro atoms. The molecule has 0 aliphatic carbocycles. The Morgan fingerprint density at radius 2 is 2.05 bits per heavy atom. The van der Waals surface area contributed by atoms with Crippen molar-refractivity contribution in [1.29, 1.82) is 5.26 Å². The molecule has 0 fully saturated rings. The molecule has 0 aromatic heterocycles. The van der Waals surface area contributed by atoms with Crippen LogP contribution in [0.4, 0.5) is 10.5 Å². The van der Waals surface area contributed by atoms with Crippen LogP contribution >= 0.6 is 0 Å². The summed E-state index contributed by atoms with van der Waals surface area (Å²) in [5.74, 6) is -0.802. The van der Waals surface area contributed by atoms with E-state index >= 15 is 0 Å². The number of unbranched alkanes of at least 4 members (excludes halogenated alkanes) is 2. The van der Waals surface area contributed by atoms with Crippen molar-refractivity contribution < 1.29 is 14.7 Å². The second-order valence-corrected chi connectivity index (χ2v) is 4.69. The molecule has 0 radical (unpaired) electrons. The minimum absolute atomic E-state index is 0.154. The van der Waals surface area contributed by atoms with Gasteiger partial charge in [-0.1, -0.05) is 18.6 Å². The number of carboxylic acids is 1. The SMILES string of the molecule is Cc1cccc(NC(=O)NCCCCCC(=O)O)c1C#N. The Balaban J connectivity index is 2.33. The third-order valence-corrected chi connectivity index (χ3v) is 2.99. The van der Waals surface area contributed by atoms with Crippen LogP contribution in [0.25, 0.3) is 0 Å². The first-order valence-electron chi connectivity index (χ1n) is 6.81. The highest BCUT2D eigenvalue weighted by molar-refractivity contribution is 5.91. The van der Waals surface area contributed by atoms with Crippen molar-refractivity contribution in [3.63, 3.8) is 0 Å². The zero-order chi connectivity index (χ0) is 15.7. The number of anilines is 1. The van der Waals surface area contributed by atoms with Crippen LogP contribution < -0.4 is 10.6 Å². The zero-order valence-corrected chi connectivity index (χ0v) is 12.0. The summed E-state index contributed by atoms with van der Waals surface area (Å²) in [6.45, 7) is 2.28. The number of benzene rings is 1. The number of nitrogens with zero attached hydrogens (tertiary/aromatic N) is 1. The number of urea groups is 1. The van der Waals surface area contributed by atoms with Gasteiger partial charge in [-0.3, -0.25) is 4.79 Å². The molecule has 2 amide bonds. The van der Waals surface area contributed by atoms with E-state index in [4.69, 9.17) is 10.4 Å². The van der Waals surface area contributed by atoms with Gasteiger partial charge in [-0.05, 0) is 31.4 Å². The summed E-state index contributed by atoms with van der Waals surface area (Å²) in [5.41, 5.74) is 1.75. The summed E-state index contributed by atoms with van der Waals surface area (Å²) in [5, 5.41) is 22.9. The number of rotatable bonds is 7. The van der Waals surface area contributed by atoms with Gasteiger partial charge in [-0.25, -0.2) is 4.79 Å². The topological polar surface area (TPSA) is 102 Å². The number of carbonyl (C=O) groups excluding carboxylic acids is 1. The van der Waals surface area contributed by atoms with E-state index in [1.54, 1.807) is 12.1 Å². The van der Waals surface area contributed by atoms with Crippen LogP contribution in [0.3, 0.4) is 0 Å². The Morgan fingerprint density at radius 3 is 2.71 bits per heavy atom. The Morgan fingerprint density at radius 1 is 1.29 bits per heavy atom. The van der Waals surface area contributed by atoms with Gasteiger partial charge >= 0.3 is 12.0 Å². The van der Waals surface area contributed by atoms with E-state index in [1.165, 1.54) is 0 Å². The summed E-state index contributed by atoms with van der Waals surface area (Å²) >= 11 is 0. The average molecular weight is 289 g/mol. The van der Waals surface area contributed by atoms with Crippen molar-refractivity contribution in [2.45, 2.75) is 32.6 Å². The largest absolute Gasteiger partial charge is 0.481 e. The Labute approximate surface area is 123 Å². The molecular weight excluding hydrogens is 270 g/mol. The van der Waals surface area contributed by atoms with Crippen molar-refractivity contribution in [2.75, 3.05) is 11.9 Å². The molecule has 6 heteroatoms. The highest BCUT2D eigenvalue weighted by atomic mass is 16.4. The van der Waals surface area contributed by atoms with Gasteiger partial charge in [0.25, 0.3) is 0 Å². The number of aryl methyl sites for hydroxylation is 1. The third kappa shape index (κ3) is 5.95. The number of aliphatic carboxylic acids is 1. The number of amides is 2. The fraction of sp³-hybridized carbons (Fsp3) is 0.400. The van der Waals surface area contributed by atoms with Crippen LogP contribution in [0.5, 0.6) is 0 Å². The number of carbonyl (C=O) groups is 2. The van der Waals surface area contributed by atoms with E-state index in [2.05, 4.69) is 16.7 Å². The molecule has 3 N–H and O–H groups in total. The monoisotopic (exact) mass is 289 g/mol. The Bertz CT molecular complexity index is 550. The van der Waals surface area contributed by atoms with Gasteiger partial charge in [0.2, 0.25) is 0 Å². The number of hydrogen-bond donors (Lipinski definition) is 3. The van der Waals surface area contributed by atoms with Crippen LogP contribution in [0.1, 0.15) is 36.8 Å². The molecule has 0 saturated carbocycles. The van der Waals surface area contributed by atoms with Gasteiger partial charge in [0.1, 0.15) is 6.07 Å². The second kappa shape index (κ2) is 8.59. The Kier molecular flexibility index (Phi) is 6.75. The maximum atomic E-state index is 11.7. The van der Waals surface area contributed by atoms with Crippen molar-refractivity contribution in [1.82, 2.24) is 5.32 Å². The van der Waals surface area contributed by atoms with Crippen molar-refractivity contribution >= 4 is 17.7 Å². The molecule has 6 nitrogen and oxygen atoms in total. The average Bonchev–Trinajstić information content (AvgIpc) is 2.42. The lowest BCUT2D eigenvalue weighted by Crippen LogP contribution is -2.29. The quantitative estimate of drug-likeness (QED) is 0.671. The highest BCUT2D eigenvalue weighted by Crippen LogP contribution is 2.17. The lowest BCUT2D eigenvalue weighted by atomic mass is 10.1. The molecule has 1 aromatic rings. The van der Waals surface area contributed by atoms with Crippen LogP contribution in [0, 0.1) is 18.3 Å². The van der Waals surface area contributed by atoms with Gasteiger partial charge in [-0.15, -0.1) is 0 Å².